The van der Waals surface area contributed by atoms with Crippen molar-refractivity contribution in [1.82, 2.24) is 15.5 Å². The summed E-state index contributed by atoms with van der Waals surface area (Å²) in [6, 6.07) is 4.84. The lowest BCUT2D eigenvalue weighted by Crippen LogP contribution is -2.35. The van der Waals surface area contributed by atoms with Crippen molar-refractivity contribution >= 4 is 41.1 Å². The van der Waals surface area contributed by atoms with E-state index in [1.54, 1.807) is 39.0 Å². The number of carbonyl (C=O) groups is 2. The zero-order valence-electron chi connectivity index (χ0n) is 18.6. The van der Waals surface area contributed by atoms with E-state index in [0.717, 1.165) is 17.3 Å². The Morgan fingerprint density at radius 2 is 1.97 bits per heavy atom. The smallest absolute Gasteiger partial charge is 0.408 e. The van der Waals surface area contributed by atoms with Gasteiger partial charge in [-0.2, -0.15) is 0 Å². The van der Waals surface area contributed by atoms with Crippen LogP contribution in [0, 0.1) is 12.8 Å². The summed E-state index contributed by atoms with van der Waals surface area (Å²) in [7, 11) is 0. The number of ether oxygens (including phenoxy) is 1. The summed E-state index contributed by atoms with van der Waals surface area (Å²) in [5.41, 5.74) is 0.840. The second kappa shape index (κ2) is 10.9. The van der Waals surface area contributed by atoms with E-state index >= 15 is 0 Å². The summed E-state index contributed by atoms with van der Waals surface area (Å²) in [5.74, 6) is 0.408. The van der Waals surface area contributed by atoms with Gasteiger partial charge < -0.3 is 19.8 Å². The van der Waals surface area contributed by atoms with Gasteiger partial charge in [0.15, 0.2) is 0 Å². The number of anilines is 1. The van der Waals surface area contributed by atoms with Crippen LogP contribution in [0.25, 0.3) is 0 Å². The van der Waals surface area contributed by atoms with Gasteiger partial charge in [0.2, 0.25) is 11.8 Å². The number of thioether (sulfide) groups is 1. The van der Waals surface area contributed by atoms with Gasteiger partial charge in [-0.05, 0) is 57.7 Å². The summed E-state index contributed by atoms with van der Waals surface area (Å²) in [6.07, 6.45) is 0.0434. The van der Waals surface area contributed by atoms with Crippen molar-refractivity contribution in [2.75, 3.05) is 11.1 Å². The van der Waals surface area contributed by atoms with Gasteiger partial charge in [-0.3, -0.25) is 4.79 Å². The largest absolute Gasteiger partial charge is 0.444 e. The van der Waals surface area contributed by atoms with Gasteiger partial charge in [-0.15, -0.1) is 10.2 Å². The average Bonchev–Trinajstić information content (AvgIpc) is 3.10. The van der Waals surface area contributed by atoms with Crippen molar-refractivity contribution in [3.05, 3.63) is 34.7 Å². The third-order valence-corrected chi connectivity index (χ3v) is 5.21. The molecule has 10 heteroatoms. The maximum absolute atomic E-state index is 12.3. The van der Waals surface area contributed by atoms with Crippen LogP contribution in [0.5, 0.6) is 0 Å². The van der Waals surface area contributed by atoms with Crippen molar-refractivity contribution < 1.29 is 18.7 Å². The minimum atomic E-state index is -0.614. The SMILES string of the molecule is Cc1c(Cl)cccc1NC(=O)CSc1nnc([C@@H](CC(C)C)NC(=O)OC(C)(C)C)o1. The van der Waals surface area contributed by atoms with Gasteiger partial charge in [0.1, 0.15) is 11.6 Å². The first-order chi connectivity index (χ1) is 14.4. The first kappa shape index (κ1) is 25.0. The minimum Gasteiger partial charge on any atom is -0.444 e. The van der Waals surface area contributed by atoms with Crippen LogP contribution in [0.1, 0.15) is 58.5 Å². The fourth-order valence-corrected chi connectivity index (χ4v) is 3.36. The van der Waals surface area contributed by atoms with Crippen molar-refractivity contribution in [2.24, 2.45) is 5.92 Å². The number of hydrogen-bond donors (Lipinski definition) is 2. The summed E-state index contributed by atoms with van der Waals surface area (Å²) < 4.78 is 11.0. The number of benzene rings is 1. The lowest BCUT2D eigenvalue weighted by atomic mass is 10.0. The topological polar surface area (TPSA) is 106 Å². The monoisotopic (exact) mass is 468 g/mol. The number of hydrogen-bond acceptors (Lipinski definition) is 7. The molecule has 0 fully saturated rings. The number of nitrogens with one attached hydrogen (secondary N) is 2. The molecule has 0 saturated heterocycles. The molecule has 0 radical (unpaired) electrons. The van der Waals surface area contributed by atoms with Crippen LogP contribution in [-0.4, -0.2) is 33.6 Å². The second-order valence-electron chi connectivity index (χ2n) is 8.48. The molecule has 0 bridgehead atoms. The number of halogens is 1. The molecule has 2 amide bonds. The fraction of sp³-hybridized carbons (Fsp3) is 0.524. The van der Waals surface area contributed by atoms with Crippen LogP contribution >= 0.6 is 23.4 Å². The molecule has 8 nitrogen and oxygen atoms in total. The molecule has 0 unspecified atom stereocenters. The van der Waals surface area contributed by atoms with Crippen LogP contribution in [0.2, 0.25) is 5.02 Å². The van der Waals surface area contributed by atoms with E-state index in [4.69, 9.17) is 20.8 Å². The summed E-state index contributed by atoms with van der Waals surface area (Å²) in [4.78, 5) is 24.5. The standard InChI is InChI=1S/C21H29ClN4O4S/c1-12(2)10-16(24-19(28)30-21(4,5)6)18-25-26-20(29-18)31-11-17(27)23-15-9-7-8-14(22)13(15)3/h7-9,12,16H,10-11H2,1-6H3,(H,23,27)(H,24,28)/t16-/m1/s1. The lowest BCUT2D eigenvalue weighted by molar-refractivity contribution is -0.113. The molecular formula is C21H29ClN4O4S. The Kier molecular flexibility index (Phi) is 8.76. The van der Waals surface area contributed by atoms with E-state index in [2.05, 4.69) is 20.8 Å². The van der Waals surface area contributed by atoms with E-state index in [9.17, 15) is 9.59 Å². The van der Waals surface area contributed by atoms with Crippen LogP contribution in [0.4, 0.5) is 10.5 Å². The number of amides is 2. The molecule has 1 aromatic carbocycles. The van der Waals surface area contributed by atoms with Gasteiger partial charge >= 0.3 is 6.09 Å². The predicted molar refractivity (Wildman–Crippen MR) is 121 cm³/mol. The highest BCUT2D eigenvalue weighted by Gasteiger charge is 2.25. The van der Waals surface area contributed by atoms with E-state index in [1.807, 2.05) is 20.8 Å². The van der Waals surface area contributed by atoms with Gasteiger partial charge in [0, 0.05) is 10.7 Å². The molecular weight excluding hydrogens is 440 g/mol. The Labute approximate surface area is 191 Å². The van der Waals surface area contributed by atoms with E-state index < -0.39 is 17.7 Å². The molecule has 1 atom stereocenters. The van der Waals surface area contributed by atoms with Crippen LogP contribution in [0.15, 0.2) is 27.8 Å². The molecule has 1 heterocycles. The third-order valence-electron chi connectivity index (χ3n) is 3.99. The normalized spacial score (nSPS) is 12.5. The maximum atomic E-state index is 12.3. The van der Waals surface area contributed by atoms with Crippen LogP contribution in [0.3, 0.4) is 0 Å². The van der Waals surface area contributed by atoms with Crippen molar-refractivity contribution in [3.8, 4) is 0 Å². The molecule has 31 heavy (non-hydrogen) atoms. The Morgan fingerprint density at radius 3 is 2.61 bits per heavy atom. The van der Waals surface area contributed by atoms with E-state index in [-0.39, 0.29) is 28.7 Å². The first-order valence-electron chi connectivity index (χ1n) is 9.95. The van der Waals surface area contributed by atoms with E-state index in [1.165, 1.54) is 0 Å². The summed E-state index contributed by atoms with van der Waals surface area (Å²) in [6.45, 7) is 11.3. The number of nitrogens with zero attached hydrogens (tertiary/aromatic N) is 2. The lowest BCUT2D eigenvalue weighted by Gasteiger charge is -2.22. The molecule has 0 saturated carbocycles. The Hall–Kier alpha value is -2.26. The molecule has 170 valence electrons. The highest BCUT2D eigenvalue weighted by Crippen LogP contribution is 2.26. The maximum Gasteiger partial charge on any atom is 0.408 e. The number of alkyl carbamates (subject to hydrolysis) is 1. The number of aromatic nitrogens is 2. The number of carbonyl (C=O) groups excluding carboxylic acids is 2. The highest BCUT2D eigenvalue weighted by atomic mass is 35.5. The summed E-state index contributed by atoms with van der Waals surface area (Å²) >= 11 is 7.20. The van der Waals surface area contributed by atoms with E-state index in [0.29, 0.717) is 17.1 Å². The molecule has 0 aliphatic carbocycles. The van der Waals surface area contributed by atoms with Gasteiger partial charge in [-0.1, -0.05) is 43.3 Å². The Bertz CT molecular complexity index is 911. The van der Waals surface area contributed by atoms with Crippen molar-refractivity contribution in [1.29, 1.82) is 0 Å². The van der Waals surface area contributed by atoms with Crippen LogP contribution in [-0.2, 0) is 9.53 Å². The number of rotatable bonds is 8. The molecule has 0 aliphatic heterocycles. The quantitative estimate of drug-likeness (QED) is 0.501. The third kappa shape index (κ3) is 8.41. The van der Waals surface area contributed by atoms with Crippen LogP contribution < -0.4 is 10.6 Å². The second-order valence-corrected chi connectivity index (χ2v) is 9.82. The van der Waals surface area contributed by atoms with Gasteiger partial charge in [-0.25, -0.2) is 4.79 Å². The molecule has 2 rings (SSSR count). The molecule has 0 spiro atoms. The summed E-state index contributed by atoms with van der Waals surface area (Å²) in [5, 5.41) is 14.5. The predicted octanol–water partition coefficient (Wildman–Crippen LogP) is 5.37. The average molecular weight is 469 g/mol. The minimum absolute atomic E-state index is 0.0852. The molecule has 0 aliphatic rings. The zero-order chi connectivity index (χ0) is 23.2. The van der Waals surface area contributed by atoms with Gasteiger partial charge in [0.25, 0.3) is 5.22 Å². The zero-order valence-corrected chi connectivity index (χ0v) is 20.2. The molecule has 2 aromatic rings. The molecule has 2 N–H and O–H groups in total. The van der Waals surface area contributed by atoms with Gasteiger partial charge in [0.05, 0.1) is 5.75 Å². The molecule has 1 aromatic heterocycles. The highest BCUT2D eigenvalue weighted by molar-refractivity contribution is 7.99. The first-order valence-corrected chi connectivity index (χ1v) is 11.3. The van der Waals surface area contributed by atoms with Crippen molar-refractivity contribution in [3.63, 3.8) is 0 Å². The van der Waals surface area contributed by atoms with Crippen molar-refractivity contribution in [2.45, 2.75) is 64.8 Å². The Morgan fingerprint density at radius 1 is 1.26 bits per heavy atom. The Balaban J connectivity index is 1.98. The fourth-order valence-electron chi connectivity index (χ4n) is 2.62.